The van der Waals surface area contributed by atoms with Gasteiger partial charge in [0.2, 0.25) is 0 Å². The summed E-state index contributed by atoms with van der Waals surface area (Å²) in [5, 5.41) is 0.819. The molecule has 1 radical (unpaired) electrons. The maximum atomic E-state index is 11.5. The van der Waals surface area contributed by atoms with Gasteiger partial charge in [0.05, 0.1) is 6.92 Å². The van der Waals surface area contributed by atoms with Crippen molar-refractivity contribution in [3.8, 4) is 5.75 Å². The van der Waals surface area contributed by atoms with E-state index >= 15 is 0 Å². The molecule has 5 nitrogen and oxygen atoms in total. The predicted molar refractivity (Wildman–Crippen MR) is 74.0 cm³/mol. The Hall–Kier alpha value is -2.01. The first kappa shape index (κ1) is 14.4. The highest BCUT2D eigenvalue weighted by Gasteiger charge is 2.09. The standard InChI is InChI=1S/C14H12ClO5/c1-8-11-4-3-10(19-6-5-18-9(2)16)7-12(11)20-14(17)13(8)15/h3-4,7H,2,5-6H2,1H3. The summed E-state index contributed by atoms with van der Waals surface area (Å²) in [4.78, 5) is 22.0. The van der Waals surface area contributed by atoms with Crippen LogP contribution < -0.4 is 10.4 Å². The minimum Gasteiger partial charge on any atom is -0.490 e. The van der Waals surface area contributed by atoms with Crippen molar-refractivity contribution in [3.63, 3.8) is 0 Å². The average Bonchev–Trinajstić information content (AvgIpc) is 2.41. The normalized spacial score (nSPS) is 10.6. The van der Waals surface area contributed by atoms with Gasteiger partial charge >= 0.3 is 11.6 Å². The number of rotatable bonds is 4. The zero-order chi connectivity index (χ0) is 14.7. The number of aryl methyl sites for hydroxylation is 1. The molecule has 20 heavy (non-hydrogen) atoms. The smallest absolute Gasteiger partial charge is 0.355 e. The van der Waals surface area contributed by atoms with Crippen molar-refractivity contribution < 1.29 is 18.7 Å². The molecule has 1 heterocycles. The summed E-state index contributed by atoms with van der Waals surface area (Å²) in [5.41, 5.74) is 0.471. The van der Waals surface area contributed by atoms with E-state index in [1.54, 1.807) is 25.1 Å². The second kappa shape index (κ2) is 5.96. The molecule has 1 aromatic carbocycles. The summed E-state index contributed by atoms with van der Waals surface area (Å²) in [6.07, 6.45) is 0. The number of benzene rings is 1. The summed E-state index contributed by atoms with van der Waals surface area (Å²) >= 11 is 5.84. The number of esters is 1. The van der Waals surface area contributed by atoms with E-state index in [1.165, 1.54) is 0 Å². The molecule has 0 aliphatic rings. The summed E-state index contributed by atoms with van der Waals surface area (Å²) in [5.74, 6) is -0.106. The minimum atomic E-state index is -0.608. The van der Waals surface area contributed by atoms with Crippen molar-refractivity contribution in [1.29, 1.82) is 0 Å². The van der Waals surface area contributed by atoms with E-state index in [0.717, 1.165) is 5.39 Å². The Morgan fingerprint density at radius 1 is 1.40 bits per heavy atom. The van der Waals surface area contributed by atoms with Crippen LogP contribution in [-0.4, -0.2) is 19.2 Å². The fraction of sp³-hybridized carbons (Fsp3) is 0.214. The summed E-state index contributed by atoms with van der Waals surface area (Å²) in [7, 11) is 0. The lowest BCUT2D eigenvalue weighted by atomic mass is 10.1. The lowest BCUT2D eigenvalue weighted by molar-refractivity contribution is -0.138. The summed E-state index contributed by atoms with van der Waals surface area (Å²) < 4.78 is 15.1. The molecule has 0 unspecified atom stereocenters. The predicted octanol–water partition coefficient (Wildman–Crippen LogP) is 2.51. The molecule has 0 aliphatic heterocycles. The average molecular weight is 296 g/mol. The Bertz CT molecular complexity index is 705. The van der Waals surface area contributed by atoms with E-state index in [2.05, 4.69) is 11.7 Å². The fourth-order valence-electron chi connectivity index (χ4n) is 1.72. The molecule has 105 valence electrons. The SMILES string of the molecule is [CH2]C(=O)OCCOc1ccc2c(C)c(Cl)c(=O)oc2c1. The van der Waals surface area contributed by atoms with Gasteiger partial charge in [-0.1, -0.05) is 11.6 Å². The summed E-state index contributed by atoms with van der Waals surface area (Å²) in [6, 6.07) is 5.06. The molecule has 0 spiro atoms. The second-order valence-corrected chi connectivity index (χ2v) is 4.43. The maximum Gasteiger partial charge on any atom is 0.355 e. The van der Waals surface area contributed by atoms with Gasteiger partial charge in [0, 0.05) is 11.5 Å². The monoisotopic (exact) mass is 295 g/mol. The Labute approximate surface area is 120 Å². The highest BCUT2D eigenvalue weighted by molar-refractivity contribution is 6.31. The molecule has 1 aromatic heterocycles. The molecule has 0 aliphatic carbocycles. The van der Waals surface area contributed by atoms with E-state index in [-0.39, 0.29) is 18.2 Å². The molecule has 6 heteroatoms. The zero-order valence-electron chi connectivity index (χ0n) is 10.8. The van der Waals surface area contributed by atoms with Crippen molar-refractivity contribution in [2.24, 2.45) is 0 Å². The van der Waals surface area contributed by atoms with Gasteiger partial charge in [0.25, 0.3) is 0 Å². The van der Waals surface area contributed by atoms with Gasteiger partial charge in [0.1, 0.15) is 29.6 Å². The number of carbonyl (C=O) groups excluding carboxylic acids is 1. The molecule has 0 N–H and O–H groups in total. The quantitative estimate of drug-likeness (QED) is 0.492. The molecule has 2 rings (SSSR count). The van der Waals surface area contributed by atoms with E-state index < -0.39 is 11.6 Å². The minimum absolute atomic E-state index is 0.0773. The number of halogens is 1. The number of ether oxygens (including phenoxy) is 2. The first-order chi connectivity index (χ1) is 9.49. The van der Waals surface area contributed by atoms with Crippen LogP contribution in [0.4, 0.5) is 0 Å². The Morgan fingerprint density at radius 3 is 2.85 bits per heavy atom. The third kappa shape index (κ3) is 3.11. The van der Waals surface area contributed by atoms with E-state index in [9.17, 15) is 9.59 Å². The van der Waals surface area contributed by atoms with Gasteiger partial charge in [0.15, 0.2) is 0 Å². The molecule has 0 atom stereocenters. The summed E-state index contributed by atoms with van der Waals surface area (Å²) in [6.45, 7) is 5.10. The van der Waals surface area contributed by atoms with Crippen molar-refractivity contribution in [1.82, 2.24) is 0 Å². The Kier molecular flexibility index (Phi) is 4.29. The highest BCUT2D eigenvalue weighted by atomic mass is 35.5. The highest BCUT2D eigenvalue weighted by Crippen LogP contribution is 2.25. The van der Waals surface area contributed by atoms with Gasteiger partial charge in [-0.15, -0.1) is 0 Å². The molecule has 2 aromatic rings. The van der Waals surface area contributed by atoms with Crippen molar-refractivity contribution >= 4 is 28.5 Å². The van der Waals surface area contributed by atoms with Gasteiger partial charge in [-0.3, -0.25) is 4.79 Å². The van der Waals surface area contributed by atoms with Crippen LogP contribution in [0.3, 0.4) is 0 Å². The van der Waals surface area contributed by atoms with Crippen LogP contribution in [0.2, 0.25) is 5.02 Å². The zero-order valence-corrected chi connectivity index (χ0v) is 11.5. The number of fused-ring (bicyclic) bond motifs is 1. The molecule has 0 saturated heterocycles. The Balaban J connectivity index is 2.19. The van der Waals surface area contributed by atoms with E-state index in [4.69, 9.17) is 20.8 Å². The Morgan fingerprint density at radius 2 is 2.15 bits per heavy atom. The third-order valence-electron chi connectivity index (χ3n) is 2.68. The molecule has 0 saturated carbocycles. The van der Waals surface area contributed by atoms with Crippen molar-refractivity contribution in [2.75, 3.05) is 13.2 Å². The first-order valence-corrected chi connectivity index (χ1v) is 6.21. The van der Waals surface area contributed by atoms with Crippen LogP contribution in [0, 0.1) is 13.8 Å². The molecule has 0 fully saturated rings. The van der Waals surface area contributed by atoms with Crippen LogP contribution in [-0.2, 0) is 9.53 Å². The van der Waals surface area contributed by atoms with Crippen molar-refractivity contribution in [2.45, 2.75) is 6.92 Å². The van der Waals surface area contributed by atoms with Crippen LogP contribution in [0.15, 0.2) is 27.4 Å². The third-order valence-corrected chi connectivity index (χ3v) is 3.12. The number of carbonyl (C=O) groups is 1. The lowest BCUT2D eigenvalue weighted by Crippen LogP contribution is -2.09. The maximum absolute atomic E-state index is 11.5. The van der Waals surface area contributed by atoms with E-state index in [1.807, 2.05) is 0 Å². The van der Waals surface area contributed by atoms with Crippen LogP contribution in [0.25, 0.3) is 11.0 Å². The molecule has 0 amide bonds. The van der Waals surface area contributed by atoms with E-state index in [0.29, 0.717) is 16.9 Å². The number of hydrogen-bond acceptors (Lipinski definition) is 5. The van der Waals surface area contributed by atoms with Gasteiger partial charge in [-0.25, -0.2) is 4.79 Å². The lowest BCUT2D eigenvalue weighted by Gasteiger charge is -2.08. The van der Waals surface area contributed by atoms with Crippen LogP contribution in [0.1, 0.15) is 5.56 Å². The van der Waals surface area contributed by atoms with Gasteiger partial charge in [-0.05, 0) is 24.6 Å². The fourth-order valence-corrected chi connectivity index (χ4v) is 1.86. The molecular formula is C14H12ClO5. The molecule has 0 bridgehead atoms. The first-order valence-electron chi connectivity index (χ1n) is 5.83. The second-order valence-electron chi connectivity index (χ2n) is 4.06. The van der Waals surface area contributed by atoms with Gasteiger partial charge < -0.3 is 13.9 Å². The largest absolute Gasteiger partial charge is 0.490 e. The van der Waals surface area contributed by atoms with Crippen LogP contribution >= 0.6 is 11.6 Å². The van der Waals surface area contributed by atoms with Crippen molar-refractivity contribution in [3.05, 3.63) is 46.1 Å². The van der Waals surface area contributed by atoms with Gasteiger partial charge in [-0.2, -0.15) is 0 Å². The molecular weight excluding hydrogens is 284 g/mol. The topological polar surface area (TPSA) is 65.7 Å². The van der Waals surface area contributed by atoms with Crippen LogP contribution in [0.5, 0.6) is 5.75 Å². The number of hydrogen-bond donors (Lipinski definition) is 0.